The van der Waals surface area contributed by atoms with Gasteiger partial charge in [0.1, 0.15) is 0 Å². The third-order valence-corrected chi connectivity index (χ3v) is 3.48. The number of rotatable bonds is 2. The molecular weight excluding hydrogens is 232 g/mol. The van der Waals surface area contributed by atoms with Crippen molar-refractivity contribution in [1.29, 1.82) is 0 Å². The zero-order valence-electron chi connectivity index (χ0n) is 11.6. The van der Waals surface area contributed by atoms with Gasteiger partial charge in [0.25, 0.3) is 0 Å². The molecule has 0 N–H and O–H groups in total. The van der Waals surface area contributed by atoms with Crippen LogP contribution in [0.3, 0.4) is 0 Å². The highest BCUT2D eigenvalue weighted by atomic mass is 16.5. The maximum absolute atomic E-state index is 12.1. The van der Waals surface area contributed by atoms with Gasteiger partial charge < -0.3 is 9.47 Å². The van der Waals surface area contributed by atoms with E-state index in [1.807, 2.05) is 26.8 Å². The van der Waals surface area contributed by atoms with Crippen LogP contribution in [0.25, 0.3) is 0 Å². The van der Waals surface area contributed by atoms with Crippen LogP contribution in [0, 0.1) is 10.8 Å². The van der Waals surface area contributed by atoms with Crippen LogP contribution in [0.4, 0.5) is 0 Å². The molecule has 0 spiro atoms. The van der Waals surface area contributed by atoms with Gasteiger partial charge in [0.2, 0.25) is 0 Å². The fourth-order valence-corrected chi connectivity index (χ4v) is 2.16. The molecule has 4 heteroatoms. The van der Waals surface area contributed by atoms with Crippen LogP contribution < -0.4 is 0 Å². The number of hydrogen-bond acceptors (Lipinski definition) is 4. The topological polar surface area (TPSA) is 52.6 Å². The van der Waals surface area contributed by atoms with E-state index in [1.165, 1.54) is 14.2 Å². The molecule has 1 unspecified atom stereocenters. The van der Waals surface area contributed by atoms with Gasteiger partial charge in [-0.05, 0) is 11.8 Å². The Morgan fingerprint density at radius 1 is 1.22 bits per heavy atom. The Kier molecular flexibility index (Phi) is 3.99. The van der Waals surface area contributed by atoms with Crippen LogP contribution in [-0.2, 0) is 19.1 Å². The second-order valence-electron chi connectivity index (χ2n) is 5.43. The molecule has 0 saturated carbocycles. The Bertz CT molecular complexity index is 412. The van der Waals surface area contributed by atoms with E-state index < -0.39 is 11.4 Å². The van der Waals surface area contributed by atoms with Crippen molar-refractivity contribution in [2.24, 2.45) is 10.8 Å². The fraction of sp³-hybridized carbons (Fsp3) is 0.571. The Hall–Kier alpha value is -1.58. The quantitative estimate of drug-likeness (QED) is 0.707. The summed E-state index contributed by atoms with van der Waals surface area (Å²) in [5.41, 5.74) is -0.704. The largest absolute Gasteiger partial charge is 0.468 e. The van der Waals surface area contributed by atoms with Crippen LogP contribution in [0.1, 0.15) is 27.2 Å². The normalized spacial score (nSPS) is 23.3. The number of methoxy groups -OCH3 is 2. The fourth-order valence-electron chi connectivity index (χ4n) is 2.16. The third-order valence-electron chi connectivity index (χ3n) is 3.48. The van der Waals surface area contributed by atoms with Crippen LogP contribution in [0.5, 0.6) is 0 Å². The van der Waals surface area contributed by atoms with E-state index in [-0.39, 0.29) is 11.4 Å². The lowest BCUT2D eigenvalue weighted by molar-refractivity contribution is -0.156. The third kappa shape index (κ3) is 2.33. The average Bonchev–Trinajstić information content (AvgIpc) is 2.35. The first-order chi connectivity index (χ1) is 8.28. The molecule has 0 radical (unpaired) electrons. The van der Waals surface area contributed by atoms with Gasteiger partial charge in [-0.2, -0.15) is 0 Å². The number of allylic oxidation sites excluding steroid dienone is 2. The molecule has 1 rings (SSSR count). The molecule has 100 valence electrons. The predicted octanol–water partition coefficient (Wildman–Crippen LogP) is 2.25. The molecular formula is C14H20O4. The molecule has 0 aromatic carbocycles. The highest BCUT2D eigenvalue weighted by Gasteiger charge is 2.49. The summed E-state index contributed by atoms with van der Waals surface area (Å²) >= 11 is 0. The lowest BCUT2D eigenvalue weighted by Gasteiger charge is -2.41. The van der Waals surface area contributed by atoms with Crippen molar-refractivity contribution in [3.8, 4) is 0 Å². The molecule has 0 bridgehead atoms. The number of esters is 2. The van der Waals surface area contributed by atoms with Crippen molar-refractivity contribution in [1.82, 2.24) is 0 Å². The molecule has 1 atom stereocenters. The number of carbonyl (C=O) groups excluding carboxylic acids is 2. The maximum atomic E-state index is 12.1. The van der Waals surface area contributed by atoms with Crippen LogP contribution in [-0.4, -0.2) is 26.2 Å². The SMILES string of the molecule is COC(=O)C1=CC=CC(C(=O)OC)(C(C)(C)C)C1. The van der Waals surface area contributed by atoms with Gasteiger partial charge in [-0.15, -0.1) is 0 Å². The lowest BCUT2D eigenvalue weighted by Crippen LogP contribution is -2.44. The van der Waals surface area contributed by atoms with Gasteiger partial charge in [-0.3, -0.25) is 4.79 Å². The van der Waals surface area contributed by atoms with Gasteiger partial charge in [-0.1, -0.05) is 39.0 Å². The van der Waals surface area contributed by atoms with Gasteiger partial charge in [0.15, 0.2) is 0 Å². The van der Waals surface area contributed by atoms with Crippen molar-refractivity contribution in [3.63, 3.8) is 0 Å². The van der Waals surface area contributed by atoms with E-state index in [2.05, 4.69) is 0 Å². The van der Waals surface area contributed by atoms with Gasteiger partial charge >= 0.3 is 11.9 Å². The minimum Gasteiger partial charge on any atom is -0.468 e. The molecule has 0 aliphatic heterocycles. The first-order valence-electron chi connectivity index (χ1n) is 5.83. The summed E-state index contributed by atoms with van der Waals surface area (Å²) < 4.78 is 9.63. The van der Waals surface area contributed by atoms with Crippen LogP contribution in [0.2, 0.25) is 0 Å². The Labute approximate surface area is 108 Å². The molecule has 1 aliphatic rings. The molecule has 0 amide bonds. The summed E-state index contributed by atoms with van der Waals surface area (Å²) in [6.07, 6.45) is 5.51. The molecule has 0 fully saturated rings. The Balaban J connectivity index is 3.19. The summed E-state index contributed by atoms with van der Waals surface area (Å²) in [4.78, 5) is 23.8. The molecule has 4 nitrogen and oxygen atoms in total. The molecule has 0 heterocycles. The first-order valence-corrected chi connectivity index (χ1v) is 5.83. The van der Waals surface area contributed by atoms with E-state index in [0.717, 1.165) is 0 Å². The second-order valence-corrected chi connectivity index (χ2v) is 5.43. The highest BCUT2D eigenvalue weighted by Crippen LogP contribution is 2.47. The Morgan fingerprint density at radius 3 is 2.28 bits per heavy atom. The summed E-state index contributed by atoms with van der Waals surface area (Å²) in [6, 6.07) is 0. The smallest absolute Gasteiger partial charge is 0.333 e. The minimum absolute atomic E-state index is 0.298. The minimum atomic E-state index is -0.833. The maximum Gasteiger partial charge on any atom is 0.333 e. The molecule has 1 aliphatic carbocycles. The van der Waals surface area contributed by atoms with Crippen molar-refractivity contribution in [2.75, 3.05) is 14.2 Å². The van der Waals surface area contributed by atoms with Crippen LogP contribution in [0.15, 0.2) is 23.8 Å². The van der Waals surface area contributed by atoms with Gasteiger partial charge in [-0.25, -0.2) is 4.79 Å². The van der Waals surface area contributed by atoms with Crippen molar-refractivity contribution in [2.45, 2.75) is 27.2 Å². The predicted molar refractivity (Wildman–Crippen MR) is 67.8 cm³/mol. The second kappa shape index (κ2) is 4.96. The van der Waals surface area contributed by atoms with E-state index in [9.17, 15) is 9.59 Å². The number of carbonyl (C=O) groups is 2. The Morgan fingerprint density at radius 2 is 1.83 bits per heavy atom. The van der Waals surface area contributed by atoms with Gasteiger partial charge in [0.05, 0.1) is 19.6 Å². The monoisotopic (exact) mass is 252 g/mol. The van der Waals surface area contributed by atoms with Gasteiger partial charge in [0, 0.05) is 5.57 Å². The van der Waals surface area contributed by atoms with Crippen LogP contribution >= 0.6 is 0 Å². The summed E-state index contributed by atoms with van der Waals surface area (Å²) in [6.45, 7) is 5.86. The number of hydrogen-bond donors (Lipinski definition) is 0. The molecule has 0 saturated heterocycles. The molecule has 0 aromatic heterocycles. The summed E-state index contributed by atoms with van der Waals surface area (Å²) in [5.74, 6) is -0.738. The van der Waals surface area contributed by atoms with Crippen molar-refractivity contribution in [3.05, 3.63) is 23.8 Å². The van der Waals surface area contributed by atoms with Crippen molar-refractivity contribution >= 4 is 11.9 Å². The zero-order valence-corrected chi connectivity index (χ0v) is 11.6. The van der Waals surface area contributed by atoms with E-state index in [4.69, 9.17) is 9.47 Å². The summed E-state index contributed by atoms with van der Waals surface area (Å²) in [7, 11) is 2.69. The van der Waals surface area contributed by atoms with E-state index in [0.29, 0.717) is 12.0 Å². The highest BCUT2D eigenvalue weighted by molar-refractivity contribution is 5.92. The zero-order chi connectivity index (χ0) is 14.0. The number of ether oxygens (including phenoxy) is 2. The molecule has 18 heavy (non-hydrogen) atoms. The summed E-state index contributed by atoms with van der Waals surface area (Å²) in [5, 5.41) is 0. The molecule has 0 aromatic rings. The lowest BCUT2D eigenvalue weighted by atomic mass is 9.62. The average molecular weight is 252 g/mol. The first kappa shape index (κ1) is 14.5. The van der Waals surface area contributed by atoms with Crippen molar-refractivity contribution < 1.29 is 19.1 Å². The van der Waals surface area contributed by atoms with E-state index in [1.54, 1.807) is 12.2 Å². The standard InChI is InChI=1S/C14H20O4/c1-13(2,3)14(12(16)18-5)8-6-7-10(9-14)11(15)17-4/h6-8H,9H2,1-5H3. The van der Waals surface area contributed by atoms with E-state index >= 15 is 0 Å².